The van der Waals surface area contributed by atoms with E-state index < -0.39 is 16.1 Å². The summed E-state index contributed by atoms with van der Waals surface area (Å²) >= 11 is 2.36. The molecule has 0 aliphatic carbocycles. The summed E-state index contributed by atoms with van der Waals surface area (Å²) in [6.45, 7) is 14.5. The zero-order valence-corrected chi connectivity index (χ0v) is 11.7. The van der Waals surface area contributed by atoms with E-state index in [0.29, 0.717) is 0 Å². The quantitative estimate of drug-likeness (QED) is 0.602. The zero-order valence-electron chi connectivity index (χ0n) is 9.73. The van der Waals surface area contributed by atoms with Gasteiger partial charge < -0.3 is 0 Å². The summed E-state index contributed by atoms with van der Waals surface area (Å²) in [5.74, 6) is 0. The molecule has 3 heteroatoms. The standard InChI is InChI=1S/C9H21Si2.Li/c1-10(2,3)8-7-9-11(4,5)6;/h7-9H,1-6H3;. The number of rotatable bonds is 3. The van der Waals surface area contributed by atoms with E-state index in [4.69, 9.17) is 0 Å². The molecule has 0 rings (SSSR count). The van der Waals surface area contributed by atoms with E-state index in [-0.39, 0.29) is 0 Å². The Balaban J connectivity index is 4.19. The van der Waals surface area contributed by atoms with Crippen LogP contribution in [-0.2, 0) is 0 Å². The Morgan fingerprint density at radius 1 is 1.00 bits per heavy atom. The molecule has 0 aliphatic heterocycles. The van der Waals surface area contributed by atoms with Crippen LogP contribution in [0.4, 0.5) is 0 Å². The normalized spacial score (nSPS) is 17.0. The van der Waals surface area contributed by atoms with Gasteiger partial charge in [-0.3, -0.25) is 0 Å². The first-order valence-corrected chi connectivity index (χ1v) is 12.0. The van der Waals surface area contributed by atoms with Crippen LogP contribution in [0.2, 0.25) is 43.5 Å². The third kappa shape index (κ3) is 6.31. The minimum absolute atomic E-state index is 0.823. The van der Waals surface area contributed by atoms with Gasteiger partial charge in [0.2, 0.25) is 0 Å². The van der Waals surface area contributed by atoms with Gasteiger partial charge in [-0.25, -0.2) is 0 Å². The Morgan fingerprint density at radius 3 is 1.67 bits per heavy atom. The van der Waals surface area contributed by atoms with Crippen LogP contribution >= 0.6 is 0 Å². The molecule has 0 saturated carbocycles. The van der Waals surface area contributed by atoms with Gasteiger partial charge in [-0.2, -0.15) is 0 Å². The van der Waals surface area contributed by atoms with Crippen LogP contribution in [0.3, 0.4) is 0 Å². The molecule has 0 aliphatic rings. The van der Waals surface area contributed by atoms with Crippen molar-refractivity contribution in [3.05, 3.63) is 11.8 Å². The molecule has 1 unspecified atom stereocenters. The summed E-state index contributed by atoms with van der Waals surface area (Å²) in [6.07, 6.45) is 2.46. The van der Waals surface area contributed by atoms with Crippen molar-refractivity contribution >= 4 is 33.9 Å². The third-order valence-corrected chi connectivity index (χ3v) is 6.37. The van der Waals surface area contributed by atoms with E-state index in [2.05, 4.69) is 68.8 Å². The first-order chi connectivity index (χ1) is 5.13. The van der Waals surface area contributed by atoms with E-state index >= 15 is 0 Å². The van der Waals surface area contributed by atoms with Gasteiger partial charge in [0.05, 0.1) is 0 Å². The van der Waals surface area contributed by atoms with E-state index in [1.807, 2.05) is 0 Å². The Bertz CT molecular complexity index is 162. The van der Waals surface area contributed by atoms with Gasteiger partial charge in [0.15, 0.2) is 0 Å². The Morgan fingerprint density at radius 2 is 1.42 bits per heavy atom. The number of hydrogen-bond acceptors (Lipinski definition) is 0. The SMILES string of the molecule is [Li][CH](C=C[Si](C)(C)C)[Si](C)(C)C. The summed E-state index contributed by atoms with van der Waals surface area (Å²) in [5.41, 5.74) is 2.48. The van der Waals surface area contributed by atoms with E-state index in [1.165, 1.54) is 0 Å². The van der Waals surface area contributed by atoms with Crippen LogP contribution in [0.5, 0.6) is 0 Å². The third-order valence-electron chi connectivity index (χ3n) is 2.25. The van der Waals surface area contributed by atoms with Crippen molar-refractivity contribution in [2.75, 3.05) is 0 Å². The number of hydrogen-bond donors (Lipinski definition) is 0. The molecule has 0 saturated heterocycles. The average Bonchev–Trinajstić information content (AvgIpc) is 1.78. The maximum absolute atomic E-state index is 2.48. The topological polar surface area (TPSA) is 0 Å². The second kappa shape index (κ2) is 4.32. The maximum atomic E-state index is 2.48. The molecule has 0 amide bonds. The van der Waals surface area contributed by atoms with E-state index in [1.54, 1.807) is 0 Å². The van der Waals surface area contributed by atoms with Crippen molar-refractivity contribution in [2.45, 2.75) is 43.5 Å². The summed E-state index contributed by atoms with van der Waals surface area (Å²) in [5, 5.41) is 0. The molecule has 0 nitrogen and oxygen atoms in total. The molecule has 1 atom stereocenters. The van der Waals surface area contributed by atoms with Crippen molar-refractivity contribution in [1.29, 1.82) is 0 Å². The van der Waals surface area contributed by atoms with E-state index in [9.17, 15) is 0 Å². The molecule has 0 fully saturated rings. The Labute approximate surface area is 89.1 Å². The molecular weight excluding hydrogens is 171 g/mol. The molecule has 66 valence electrons. The van der Waals surface area contributed by atoms with Gasteiger partial charge in [0.1, 0.15) is 0 Å². The molecular formula is C9H21LiSi2. The van der Waals surface area contributed by atoms with Gasteiger partial charge in [-0.1, -0.05) is 0 Å². The monoisotopic (exact) mass is 192 g/mol. The van der Waals surface area contributed by atoms with Gasteiger partial charge in [-0.05, 0) is 0 Å². The molecule has 12 heavy (non-hydrogen) atoms. The van der Waals surface area contributed by atoms with E-state index in [0.717, 1.165) is 4.21 Å². The van der Waals surface area contributed by atoms with Crippen LogP contribution in [-0.4, -0.2) is 33.9 Å². The predicted octanol–water partition coefficient (Wildman–Crippen LogP) is 3.25. The molecule has 0 bridgehead atoms. The molecule has 0 aromatic heterocycles. The van der Waals surface area contributed by atoms with Gasteiger partial charge in [0.25, 0.3) is 0 Å². The second-order valence-corrected chi connectivity index (χ2v) is 16.6. The predicted molar refractivity (Wildman–Crippen MR) is 65.3 cm³/mol. The van der Waals surface area contributed by atoms with Crippen molar-refractivity contribution in [3.8, 4) is 0 Å². The molecule has 0 spiro atoms. The van der Waals surface area contributed by atoms with Crippen molar-refractivity contribution < 1.29 is 0 Å². The van der Waals surface area contributed by atoms with Gasteiger partial charge >= 0.3 is 89.1 Å². The first-order valence-electron chi connectivity index (χ1n) is 4.82. The summed E-state index contributed by atoms with van der Waals surface area (Å²) in [6, 6.07) is 0. The fourth-order valence-electron chi connectivity index (χ4n) is 0.722. The summed E-state index contributed by atoms with van der Waals surface area (Å²) in [7, 11) is -1.88. The van der Waals surface area contributed by atoms with Crippen molar-refractivity contribution in [3.63, 3.8) is 0 Å². The van der Waals surface area contributed by atoms with Crippen molar-refractivity contribution in [2.24, 2.45) is 0 Å². The molecule has 0 aromatic carbocycles. The van der Waals surface area contributed by atoms with Crippen LogP contribution in [0.15, 0.2) is 11.8 Å². The van der Waals surface area contributed by atoms with Gasteiger partial charge in [-0.15, -0.1) is 0 Å². The summed E-state index contributed by atoms with van der Waals surface area (Å²) in [4.78, 5) is 0. The molecule has 0 N–H and O–H groups in total. The minimum atomic E-state index is -0.957. The van der Waals surface area contributed by atoms with Crippen LogP contribution < -0.4 is 0 Å². The van der Waals surface area contributed by atoms with Crippen LogP contribution in [0, 0.1) is 0 Å². The Kier molecular flexibility index (Phi) is 4.60. The average molecular weight is 192 g/mol. The molecule has 0 aromatic rings. The second-order valence-electron chi connectivity index (χ2n) is 5.88. The van der Waals surface area contributed by atoms with Gasteiger partial charge in [0, 0.05) is 0 Å². The van der Waals surface area contributed by atoms with Crippen LogP contribution in [0.25, 0.3) is 0 Å². The number of allylic oxidation sites excluding steroid dienone is 1. The summed E-state index contributed by atoms with van der Waals surface area (Å²) < 4.78 is 0.823. The zero-order chi connectivity index (χ0) is 9.99. The Hall–Kier alpha value is 0.771. The van der Waals surface area contributed by atoms with Crippen LogP contribution in [0.1, 0.15) is 0 Å². The molecule has 0 radical (unpaired) electrons. The van der Waals surface area contributed by atoms with Crippen molar-refractivity contribution in [1.82, 2.24) is 0 Å². The molecule has 0 heterocycles. The fraction of sp³-hybridized carbons (Fsp3) is 0.778. The first kappa shape index (κ1) is 12.8. The fourth-order valence-corrected chi connectivity index (χ4v) is 2.45.